The van der Waals surface area contributed by atoms with Crippen molar-refractivity contribution in [1.82, 2.24) is 0 Å². The van der Waals surface area contributed by atoms with Crippen molar-refractivity contribution < 1.29 is 69.3 Å². The molecule has 1 fully saturated rings. The number of aromatic hydroxyl groups is 6. The molecule has 2 aliphatic heterocycles. The molecule has 5 rings (SSSR count). The molecule has 0 bridgehead atoms. The minimum absolute atomic E-state index is 0.0564. The molecule has 14 heteroatoms. The minimum atomic E-state index is -1.81. The van der Waals surface area contributed by atoms with Crippen LogP contribution >= 0.6 is 0 Å². The lowest BCUT2D eigenvalue weighted by atomic mass is 9.98. The zero-order valence-corrected chi connectivity index (χ0v) is 23.6. The molecule has 3 aromatic rings. The van der Waals surface area contributed by atoms with Gasteiger partial charge in [-0.1, -0.05) is 12.1 Å². The van der Waals surface area contributed by atoms with Gasteiger partial charge in [0.2, 0.25) is 12.0 Å². The van der Waals surface area contributed by atoms with Crippen LogP contribution in [-0.2, 0) is 19.0 Å². The van der Waals surface area contributed by atoms with Gasteiger partial charge in [0.05, 0.1) is 18.7 Å². The summed E-state index contributed by atoms with van der Waals surface area (Å²) in [5.74, 6) is -2.49. The molecular formula is C31H31O14+. The first kappa shape index (κ1) is 31.3. The summed E-state index contributed by atoms with van der Waals surface area (Å²) < 4.78 is 26.5. The molecule has 0 saturated carbocycles. The Balaban J connectivity index is 1.38. The fraction of sp³-hybridized carbons (Fsp3) is 0.258. The van der Waals surface area contributed by atoms with Gasteiger partial charge in [-0.05, 0) is 35.9 Å². The largest absolute Gasteiger partial charge is 0.571 e. The number of methoxy groups -OCH3 is 1. The molecule has 238 valence electrons. The monoisotopic (exact) mass is 627 g/mol. The number of hydrogen-bond acceptors (Lipinski definition) is 13. The van der Waals surface area contributed by atoms with E-state index in [0.717, 1.165) is 12.1 Å². The van der Waals surface area contributed by atoms with Gasteiger partial charge in [0.15, 0.2) is 17.3 Å². The third kappa shape index (κ3) is 6.68. The normalized spacial score (nSPS) is 24.3. The van der Waals surface area contributed by atoms with E-state index in [9.17, 15) is 45.6 Å². The van der Waals surface area contributed by atoms with Gasteiger partial charge < -0.3 is 64.5 Å². The summed E-state index contributed by atoms with van der Waals surface area (Å²) in [4.78, 5) is 12.3. The van der Waals surface area contributed by atoms with Crippen LogP contribution in [0.3, 0.4) is 0 Å². The van der Waals surface area contributed by atoms with E-state index in [4.69, 9.17) is 18.9 Å². The number of phenolic OH excluding ortho intramolecular Hbond substituents is 5. The summed E-state index contributed by atoms with van der Waals surface area (Å²) in [5, 5.41) is 82.1. The summed E-state index contributed by atoms with van der Waals surface area (Å²) >= 11 is 0. The van der Waals surface area contributed by atoms with Crippen LogP contribution in [0.5, 0.6) is 40.2 Å². The van der Waals surface area contributed by atoms with E-state index in [1.807, 2.05) is 0 Å². The Morgan fingerprint density at radius 3 is 2.36 bits per heavy atom. The summed E-state index contributed by atoms with van der Waals surface area (Å²) in [6.07, 6.45) is -5.52. The molecule has 1 unspecified atom stereocenters. The molecule has 6 atom stereocenters. The Hall–Kier alpha value is -5.15. The molecule has 3 aromatic carbocycles. The number of phenols is 5. The third-order valence-electron chi connectivity index (χ3n) is 7.17. The van der Waals surface area contributed by atoms with Crippen molar-refractivity contribution in [1.29, 1.82) is 0 Å². The van der Waals surface area contributed by atoms with E-state index in [1.165, 1.54) is 49.6 Å². The molecule has 0 spiro atoms. The van der Waals surface area contributed by atoms with Crippen molar-refractivity contribution in [3.8, 4) is 40.2 Å². The first-order chi connectivity index (χ1) is 21.4. The van der Waals surface area contributed by atoms with Gasteiger partial charge in [0.25, 0.3) is 11.9 Å². The van der Waals surface area contributed by atoms with Crippen LogP contribution in [0.15, 0.2) is 60.4 Å². The minimum Gasteiger partial charge on any atom is -0.571 e. The maximum absolute atomic E-state index is 12.3. The Labute approximate surface area is 255 Å². The summed E-state index contributed by atoms with van der Waals surface area (Å²) in [5.41, 5.74) is 0.957. The second-order valence-corrected chi connectivity index (χ2v) is 10.3. The first-order valence-corrected chi connectivity index (χ1v) is 13.5. The Morgan fingerprint density at radius 1 is 0.911 bits per heavy atom. The van der Waals surface area contributed by atoms with Gasteiger partial charge >= 0.3 is 5.97 Å². The maximum atomic E-state index is 12.3. The number of benzene rings is 3. The quantitative estimate of drug-likeness (QED) is 0.0770. The number of hydrogen-bond donors (Lipinski definition) is 8. The van der Waals surface area contributed by atoms with Crippen LogP contribution in [0.2, 0.25) is 0 Å². The number of ether oxygens (including phenoxy) is 5. The molecular weight excluding hydrogens is 596 g/mol. The number of aliphatic hydroxyl groups excluding tert-OH is 3. The number of rotatable bonds is 8. The summed E-state index contributed by atoms with van der Waals surface area (Å²) in [6, 6.07) is 10.9. The zero-order valence-electron chi connectivity index (χ0n) is 23.6. The van der Waals surface area contributed by atoms with Gasteiger partial charge in [0, 0.05) is 18.2 Å². The van der Waals surface area contributed by atoms with Crippen molar-refractivity contribution in [3.05, 3.63) is 77.1 Å². The van der Waals surface area contributed by atoms with E-state index in [1.54, 1.807) is 12.1 Å². The first-order valence-electron chi connectivity index (χ1n) is 13.5. The van der Waals surface area contributed by atoms with Crippen LogP contribution in [0, 0.1) is 0 Å². The molecule has 9 N–H and O–H groups in total. The fourth-order valence-corrected chi connectivity index (χ4v) is 4.80. The standard InChI is InChI=1S/C31H30O14/c1-41-22-9-15(8-20(35)26(22)37)30-23(12-18-19(34)10-17(33)11-21(18)43-30)44-31-29(40)28(39)27(38)24(45-31)13-42-25(36)7-4-14-2-5-16(32)6-3-14/h2-12,24,27-35,37-40H,13H2,1H3/p+1/b7-4+/t24-,27-,28-,29-,30?,31-/m1/s1. The van der Waals surface area contributed by atoms with Gasteiger partial charge in [-0.25, -0.2) is 4.79 Å². The molecule has 0 amide bonds. The number of fused-ring (bicyclic) bond motifs is 1. The average molecular weight is 628 g/mol. The molecule has 1 saturated heterocycles. The van der Waals surface area contributed by atoms with Crippen molar-refractivity contribution >= 4 is 18.1 Å². The van der Waals surface area contributed by atoms with Gasteiger partial charge in [-0.2, -0.15) is 0 Å². The summed E-state index contributed by atoms with van der Waals surface area (Å²) in [6.45, 7) is -0.539. The van der Waals surface area contributed by atoms with Crippen LogP contribution in [0.4, 0.5) is 0 Å². The predicted octanol–water partition coefficient (Wildman–Crippen LogP) is 1.64. The van der Waals surface area contributed by atoms with Crippen LogP contribution in [0.25, 0.3) is 12.2 Å². The van der Waals surface area contributed by atoms with Crippen molar-refractivity contribution in [2.75, 3.05) is 13.7 Å². The highest BCUT2D eigenvalue weighted by molar-refractivity contribution is 5.87. The van der Waals surface area contributed by atoms with Crippen molar-refractivity contribution in [2.24, 2.45) is 0 Å². The van der Waals surface area contributed by atoms with E-state index in [2.05, 4.69) is 4.74 Å². The lowest BCUT2D eigenvalue weighted by molar-refractivity contribution is -0.296. The molecule has 0 radical (unpaired) electrons. The molecule has 14 nitrogen and oxygen atoms in total. The second kappa shape index (κ2) is 12.8. The van der Waals surface area contributed by atoms with Gasteiger partial charge in [-0.3, -0.25) is 0 Å². The number of carbonyl (C=O) groups is 1. The third-order valence-corrected chi connectivity index (χ3v) is 7.17. The lowest BCUT2D eigenvalue weighted by Gasteiger charge is -2.40. The maximum Gasteiger partial charge on any atom is 0.330 e. The van der Waals surface area contributed by atoms with E-state index in [-0.39, 0.29) is 45.6 Å². The Kier molecular flexibility index (Phi) is 8.92. The summed E-state index contributed by atoms with van der Waals surface area (Å²) in [7, 11) is 1.27. The predicted molar refractivity (Wildman–Crippen MR) is 154 cm³/mol. The zero-order chi connectivity index (χ0) is 32.4. The second-order valence-electron chi connectivity index (χ2n) is 10.3. The van der Waals surface area contributed by atoms with Crippen LogP contribution in [0.1, 0.15) is 22.8 Å². The molecule has 0 aliphatic carbocycles. The van der Waals surface area contributed by atoms with Crippen molar-refractivity contribution in [2.45, 2.75) is 36.8 Å². The fourth-order valence-electron chi connectivity index (χ4n) is 4.80. The Morgan fingerprint density at radius 2 is 1.64 bits per heavy atom. The topological polar surface area (TPSA) is 229 Å². The molecule has 2 aliphatic rings. The number of aliphatic hydroxyl groups is 4. The van der Waals surface area contributed by atoms with Gasteiger partial charge in [-0.15, -0.1) is 0 Å². The lowest BCUT2D eigenvalue weighted by Crippen LogP contribution is -2.59. The Bertz CT molecular complexity index is 1620. The molecule has 2 heterocycles. The van der Waals surface area contributed by atoms with Crippen LogP contribution < -0.4 is 4.74 Å². The van der Waals surface area contributed by atoms with E-state index >= 15 is 0 Å². The highest BCUT2D eigenvalue weighted by atomic mass is 16.7. The highest BCUT2D eigenvalue weighted by Gasteiger charge is 2.47. The van der Waals surface area contributed by atoms with Crippen LogP contribution in [-0.4, -0.2) is 96.0 Å². The molecule has 45 heavy (non-hydrogen) atoms. The number of carbonyl (C=O) groups excluding carboxylic acids is 1. The number of esters is 1. The van der Waals surface area contributed by atoms with Crippen molar-refractivity contribution in [3.63, 3.8) is 0 Å². The molecule has 0 aromatic heterocycles. The average Bonchev–Trinajstić information content (AvgIpc) is 3.01. The van der Waals surface area contributed by atoms with E-state index < -0.39 is 60.9 Å². The SMILES string of the molecule is COc1cc(C2[OH+]c3cc(O)cc(O)c3C=C2O[C@@H]2O[C@H](COC(=O)/C=C/c3ccc(O)cc3)[C@@H](O)[C@@H](O)[C@H]2O)cc(O)c1O. The van der Waals surface area contributed by atoms with Gasteiger partial charge in [0.1, 0.15) is 53.8 Å². The highest BCUT2D eigenvalue weighted by Crippen LogP contribution is 2.47. The van der Waals surface area contributed by atoms with E-state index in [0.29, 0.717) is 5.56 Å². The smallest absolute Gasteiger partial charge is 0.330 e.